The Bertz CT molecular complexity index is 979. The molecule has 0 bridgehead atoms. The van der Waals surface area contributed by atoms with E-state index in [0.29, 0.717) is 51.8 Å². The summed E-state index contributed by atoms with van der Waals surface area (Å²) in [5, 5.41) is 3.69. The van der Waals surface area contributed by atoms with Gasteiger partial charge in [-0.15, -0.1) is 0 Å². The number of ether oxygens (including phenoxy) is 3. The molecule has 0 radical (unpaired) electrons. The number of nitrogens with zero attached hydrogens (tertiary/aromatic N) is 3. The van der Waals surface area contributed by atoms with Crippen molar-refractivity contribution in [2.24, 2.45) is 11.3 Å². The van der Waals surface area contributed by atoms with Crippen LogP contribution in [0.1, 0.15) is 31.2 Å². The third-order valence-electron chi connectivity index (χ3n) is 8.42. The van der Waals surface area contributed by atoms with Crippen LogP contribution >= 0.6 is 0 Å². The van der Waals surface area contributed by atoms with Crippen LogP contribution < -0.4 is 10.2 Å². The van der Waals surface area contributed by atoms with Gasteiger partial charge in [0.2, 0.25) is 5.91 Å². The van der Waals surface area contributed by atoms with Gasteiger partial charge < -0.3 is 29.3 Å². The molecule has 3 fully saturated rings. The number of hydrogen-bond acceptors (Lipinski definition) is 7. The Hall–Kier alpha value is -2.37. The highest BCUT2D eigenvalue weighted by Gasteiger charge is 2.53. The van der Waals surface area contributed by atoms with Crippen molar-refractivity contribution in [1.29, 1.82) is 0 Å². The van der Waals surface area contributed by atoms with Crippen molar-refractivity contribution in [3.8, 4) is 0 Å². The lowest BCUT2D eigenvalue weighted by Gasteiger charge is -2.42. The van der Waals surface area contributed by atoms with Gasteiger partial charge in [0.1, 0.15) is 18.5 Å². The maximum absolute atomic E-state index is 14.1. The van der Waals surface area contributed by atoms with E-state index in [-0.39, 0.29) is 30.0 Å². The molecule has 3 unspecified atom stereocenters. The average molecular weight is 525 g/mol. The summed E-state index contributed by atoms with van der Waals surface area (Å²) < 4.78 is 56.1. The summed E-state index contributed by atoms with van der Waals surface area (Å²) in [5.74, 6) is 0.608. The molecule has 0 spiro atoms. The third-order valence-corrected chi connectivity index (χ3v) is 8.42. The lowest BCUT2D eigenvalue weighted by molar-refractivity contribution is -0.146. The summed E-state index contributed by atoms with van der Waals surface area (Å²) in [7, 11) is 1.68. The molecule has 2 saturated heterocycles. The van der Waals surface area contributed by atoms with Crippen LogP contribution in [0.3, 0.4) is 0 Å². The Balaban J connectivity index is 1.26. The Morgan fingerprint density at radius 2 is 2.03 bits per heavy atom. The van der Waals surface area contributed by atoms with Crippen LogP contribution in [-0.4, -0.2) is 87.1 Å². The van der Waals surface area contributed by atoms with Crippen molar-refractivity contribution in [3.63, 3.8) is 0 Å². The molecule has 8 nitrogen and oxygen atoms in total. The van der Waals surface area contributed by atoms with Gasteiger partial charge in [0.15, 0.2) is 0 Å². The van der Waals surface area contributed by atoms with Crippen LogP contribution in [0.2, 0.25) is 0 Å². The zero-order valence-corrected chi connectivity index (χ0v) is 21.1. The number of halogens is 3. The first-order valence-electron chi connectivity index (χ1n) is 13.0. The number of carbonyl (C=O) groups is 1. The molecule has 3 aliphatic heterocycles. The van der Waals surface area contributed by atoms with E-state index < -0.39 is 17.2 Å². The minimum atomic E-state index is -4.41. The Labute approximate surface area is 215 Å². The number of pyridine rings is 1. The lowest BCUT2D eigenvalue weighted by atomic mass is 9.72. The Kier molecular flexibility index (Phi) is 7.65. The van der Waals surface area contributed by atoms with Crippen molar-refractivity contribution >= 4 is 11.7 Å². The molecule has 11 heteroatoms. The monoisotopic (exact) mass is 524 g/mol. The molecular formula is C26H35F3N4O4. The Morgan fingerprint density at radius 1 is 1.22 bits per heavy atom. The van der Waals surface area contributed by atoms with Crippen molar-refractivity contribution in [1.82, 2.24) is 15.2 Å². The molecule has 1 aromatic heterocycles. The minimum Gasteiger partial charge on any atom is -0.499 e. The minimum absolute atomic E-state index is 0.0259. The van der Waals surface area contributed by atoms with Gasteiger partial charge in [0.25, 0.3) is 0 Å². The molecule has 1 N–H and O–H groups in total. The molecule has 5 atom stereocenters. The van der Waals surface area contributed by atoms with Gasteiger partial charge in [0.05, 0.1) is 29.9 Å². The van der Waals surface area contributed by atoms with E-state index in [1.54, 1.807) is 13.4 Å². The topological polar surface area (TPSA) is 76.2 Å². The summed E-state index contributed by atoms with van der Waals surface area (Å²) >= 11 is 0. The first-order chi connectivity index (χ1) is 17.8. The second-order valence-corrected chi connectivity index (χ2v) is 10.5. The summed E-state index contributed by atoms with van der Waals surface area (Å²) in [5.41, 5.74) is -1.21. The highest BCUT2D eigenvalue weighted by Crippen LogP contribution is 2.49. The van der Waals surface area contributed by atoms with Gasteiger partial charge in [-0.2, -0.15) is 13.2 Å². The molecule has 5 rings (SSSR count). The van der Waals surface area contributed by atoms with Crippen LogP contribution in [0.4, 0.5) is 19.0 Å². The fraction of sp³-hybridized carbons (Fsp3) is 0.692. The molecular weight excluding hydrogens is 489 g/mol. The van der Waals surface area contributed by atoms with Crippen LogP contribution in [0, 0.1) is 11.3 Å². The molecule has 204 valence electrons. The predicted octanol–water partition coefficient (Wildman–Crippen LogP) is 2.84. The van der Waals surface area contributed by atoms with Crippen LogP contribution in [0.5, 0.6) is 0 Å². The summed E-state index contributed by atoms with van der Waals surface area (Å²) in [4.78, 5) is 22.0. The van der Waals surface area contributed by atoms with E-state index in [9.17, 15) is 18.0 Å². The zero-order chi connectivity index (χ0) is 26.0. The number of aromatic nitrogens is 1. The molecule has 1 aliphatic carbocycles. The van der Waals surface area contributed by atoms with E-state index in [1.165, 1.54) is 6.20 Å². The van der Waals surface area contributed by atoms with Crippen LogP contribution in [0.15, 0.2) is 30.7 Å². The second kappa shape index (κ2) is 10.8. The van der Waals surface area contributed by atoms with Crippen molar-refractivity contribution in [2.45, 2.75) is 50.0 Å². The fourth-order valence-electron chi connectivity index (χ4n) is 6.32. The highest BCUT2D eigenvalue weighted by atomic mass is 19.4. The van der Waals surface area contributed by atoms with Crippen molar-refractivity contribution in [2.75, 3.05) is 58.0 Å². The van der Waals surface area contributed by atoms with Gasteiger partial charge in [0, 0.05) is 52.1 Å². The highest BCUT2D eigenvalue weighted by molar-refractivity contribution is 5.84. The van der Waals surface area contributed by atoms with Gasteiger partial charge >= 0.3 is 6.18 Å². The van der Waals surface area contributed by atoms with Gasteiger partial charge in [-0.1, -0.05) is 0 Å². The number of methoxy groups -OCH3 is 1. The van der Waals surface area contributed by atoms with E-state index >= 15 is 0 Å². The number of hydrogen-bond donors (Lipinski definition) is 1. The van der Waals surface area contributed by atoms with E-state index in [4.69, 9.17) is 14.2 Å². The number of amides is 1. The number of nitrogens with one attached hydrogen (secondary N) is 1. The Morgan fingerprint density at radius 3 is 2.73 bits per heavy atom. The number of carbonyl (C=O) groups excluding carboxylic acids is 1. The maximum Gasteiger partial charge on any atom is 0.416 e. The fourth-order valence-corrected chi connectivity index (χ4v) is 6.32. The van der Waals surface area contributed by atoms with Crippen LogP contribution in [-0.2, 0) is 25.2 Å². The van der Waals surface area contributed by atoms with E-state index in [1.807, 2.05) is 15.9 Å². The molecule has 1 amide bonds. The number of rotatable bonds is 6. The number of piperazine rings is 1. The first kappa shape index (κ1) is 26.2. The van der Waals surface area contributed by atoms with Crippen LogP contribution in [0.25, 0.3) is 0 Å². The summed E-state index contributed by atoms with van der Waals surface area (Å²) in [6.45, 7) is 3.55. The van der Waals surface area contributed by atoms with Gasteiger partial charge in [-0.3, -0.25) is 4.79 Å². The van der Waals surface area contributed by atoms with E-state index in [0.717, 1.165) is 37.8 Å². The second-order valence-electron chi connectivity index (χ2n) is 10.5. The number of alkyl halides is 3. The van der Waals surface area contributed by atoms with Gasteiger partial charge in [-0.25, -0.2) is 4.98 Å². The largest absolute Gasteiger partial charge is 0.499 e. The molecule has 0 aromatic carbocycles. The third kappa shape index (κ3) is 5.44. The molecule has 4 heterocycles. The van der Waals surface area contributed by atoms with Crippen molar-refractivity contribution in [3.05, 3.63) is 36.2 Å². The molecule has 1 aromatic rings. The quantitative estimate of drug-likeness (QED) is 0.614. The summed E-state index contributed by atoms with van der Waals surface area (Å²) in [6.07, 6.45) is 3.64. The summed E-state index contributed by atoms with van der Waals surface area (Å²) in [6, 6.07) is 2.26. The molecule has 4 aliphatic rings. The standard InChI is InChI=1S/C26H35F3N4O4/c1-35-22-17-37-13-5-21(22)31-20-2-6-25(15-20,19-4-12-36-16-19)24(34)33-10-8-32(9-11-33)23-14-18(3-7-30-23)26(27,28)29/h3,5,7,13-14,19-22,31H,2,4,6,8-12,15-17H2,1H3/t19?,20-,21?,22?,25+/m1/s1. The first-order valence-corrected chi connectivity index (χ1v) is 13.0. The zero-order valence-electron chi connectivity index (χ0n) is 21.1. The lowest BCUT2D eigenvalue weighted by Crippen LogP contribution is -2.55. The normalized spacial score (nSPS) is 32.5. The van der Waals surface area contributed by atoms with Gasteiger partial charge in [-0.05, 0) is 49.8 Å². The van der Waals surface area contributed by atoms with Crippen molar-refractivity contribution < 1.29 is 32.2 Å². The SMILES string of the molecule is COC1COC=CC1N[C@@H]1CC[C@@](C(=O)N2CCN(c3cc(C(F)(F)F)ccn3)CC2)(C2CCOC2)C1. The smallest absolute Gasteiger partial charge is 0.416 e. The molecule has 1 saturated carbocycles. The molecule has 37 heavy (non-hydrogen) atoms. The predicted molar refractivity (Wildman–Crippen MR) is 130 cm³/mol. The number of anilines is 1. The maximum atomic E-state index is 14.1. The average Bonchev–Trinajstić information content (AvgIpc) is 3.60. The van der Waals surface area contributed by atoms with E-state index in [2.05, 4.69) is 10.3 Å².